The van der Waals surface area contributed by atoms with Gasteiger partial charge in [-0.25, -0.2) is 0 Å². The van der Waals surface area contributed by atoms with Crippen LogP contribution in [0.4, 0.5) is 0 Å². The van der Waals surface area contributed by atoms with Crippen LogP contribution in [0.1, 0.15) is 58.1 Å². The maximum atomic E-state index is 10.3. The molecule has 2 aliphatic rings. The van der Waals surface area contributed by atoms with Crippen LogP contribution in [0.2, 0.25) is 0 Å². The van der Waals surface area contributed by atoms with Gasteiger partial charge in [-0.05, 0) is 63.4 Å². The molecule has 0 bridgehead atoms. The number of carbonyl (C=O) groups excluding carboxylic acids is 1. The van der Waals surface area contributed by atoms with Gasteiger partial charge in [0.05, 0.1) is 25.4 Å². The van der Waals surface area contributed by atoms with Crippen molar-refractivity contribution in [3.8, 4) is 0 Å². The second-order valence-electron chi connectivity index (χ2n) is 9.44. The molecule has 214 valence electrons. The third-order valence-electron chi connectivity index (χ3n) is 6.28. The van der Waals surface area contributed by atoms with Gasteiger partial charge in [-0.1, -0.05) is 56.7 Å². The SMILES string of the molecule is CC.CNC/C(=N/N=C/C=O)ON(C)Cc1ccc(CN2CCCC2)cc1.COC1C=C(C)C(S)C(C)C1. The molecule has 1 aliphatic heterocycles. The van der Waals surface area contributed by atoms with E-state index in [1.165, 1.54) is 37.1 Å². The zero-order valence-corrected chi connectivity index (χ0v) is 25.3. The summed E-state index contributed by atoms with van der Waals surface area (Å²) >= 11 is 4.51. The molecule has 1 fully saturated rings. The summed E-state index contributed by atoms with van der Waals surface area (Å²) in [5.74, 6) is 1.03. The van der Waals surface area contributed by atoms with Gasteiger partial charge in [0.25, 0.3) is 0 Å². The zero-order chi connectivity index (χ0) is 28.3. The van der Waals surface area contributed by atoms with Crippen molar-refractivity contribution >= 4 is 31.0 Å². The number of benzene rings is 1. The average molecular weight is 548 g/mol. The molecule has 1 aromatic rings. The normalized spacial score (nSPS) is 21.9. The number of carbonyl (C=O) groups is 1. The highest BCUT2D eigenvalue weighted by Gasteiger charge is 2.23. The number of hydroxylamine groups is 2. The predicted octanol–water partition coefficient (Wildman–Crippen LogP) is 4.76. The van der Waals surface area contributed by atoms with E-state index in [1.807, 2.05) is 20.9 Å². The van der Waals surface area contributed by atoms with Crippen LogP contribution in [0.15, 0.2) is 46.1 Å². The highest BCUT2D eigenvalue weighted by Crippen LogP contribution is 2.29. The van der Waals surface area contributed by atoms with Crippen LogP contribution in [0.25, 0.3) is 0 Å². The molecule has 38 heavy (non-hydrogen) atoms. The second kappa shape index (κ2) is 19.9. The number of rotatable bonds is 10. The van der Waals surface area contributed by atoms with Crippen molar-refractivity contribution in [3.63, 3.8) is 0 Å². The van der Waals surface area contributed by atoms with Gasteiger partial charge >= 0.3 is 0 Å². The van der Waals surface area contributed by atoms with E-state index in [0.29, 0.717) is 42.5 Å². The Bertz CT molecular complexity index is 869. The number of likely N-dealkylation sites (N-methyl/N-ethyl adjacent to an activating group) is 1. The van der Waals surface area contributed by atoms with Gasteiger partial charge in [0.15, 0.2) is 6.29 Å². The number of nitrogens with one attached hydrogen (secondary N) is 1. The van der Waals surface area contributed by atoms with E-state index < -0.39 is 0 Å². The smallest absolute Gasteiger partial charge is 0.247 e. The number of nitrogens with zero attached hydrogens (tertiary/aromatic N) is 4. The molecule has 1 heterocycles. The summed E-state index contributed by atoms with van der Waals surface area (Å²) in [7, 11) is 5.40. The lowest BCUT2D eigenvalue weighted by atomic mass is 9.89. The largest absolute Gasteiger partial charge is 0.387 e. The van der Waals surface area contributed by atoms with Crippen molar-refractivity contribution in [2.75, 3.05) is 40.8 Å². The lowest BCUT2D eigenvalue weighted by molar-refractivity contribution is -0.102. The first-order valence-corrected chi connectivity index (χ1v) is 14.1. The monoisotopic (exact) mass is 547 g/mol. The van der Waals surface area contributed by atoms with Crippen molar-refractivity contribution in [1.82, 2.24) is 15.3 Å². The van der Waals surface area contributed by atoms with Gasteiger partial charge in [-0.3, -0.25) is 9.69 Å². The van der Waals surface area contributed by atoms with E-state index in [2.05, 4.69) is 77.2 Å². The number of ether oxygens (including phenoxy) is 1. The Morgan fingerprint density at radius 1 is 1.21 bits per heavy atom. The van der Waals surface area contributed by atoms with E-state index in [4.69, 9.17) is 9.57 Å². The number of hydrogen-bond donors (Lipinski definition) is 2. The summed E-state index contributed by atoms with van der Waals surface area (Å²) in [4.78, 5) is 18.4. The number of likely N-dealkylation sites (tertiary alicyclic amines) is 1. The van der Waals surface area contributed by atoms with Crippen molar-refractivity contribution in [2.24, 2.45) is 16.1 Å². The summed E-state index contributed by atoms with van der Waals surface area (Å²) in [5, 5.41) is 12.6. The summed E-state index contributed by atoms with van der Waals surface area (Å²) in [6.07, 6.45) is 7.88. The molecule has 3 rings (SSSR count). The molecule has 1 saturated heterocycles. The van der Waals surface area contributed by atoms with E-state index in [-0.39, 0.29) is 0 Å². The van der Waals surface area contributed by atoms with Crippen LogP contribution in [0.3, 0.4) is 0 Å². The number of thiol groups is 1. The average Bonchev–Trinajstić information content (AvgIpc) is 3.43. The zero-order valence-electron chi connectivity index (χ0n) is 24.4. The maximum absolute atomic E-state index is 10.3. The predicted molar refractivity (Wildman–Crippen MR) is 162 cm³/mol. The molecular formula is C29H49N5O3S. The number of methoxy groups -OCH3 is 1. The van der Waals surface area contributed by atoms with Gasteiger partial charge in [0.1, 0.15) is 0 Å². The van der Waals surface area contributed by atoms with Crippen LogP contribution in [-0.4, -0.2) is 80.6 Å². The third kappa shape index (κ3) is 13.2. The van der Waals surface area contributed by atoms with Gasteiger partial charge in [-0.15, -0.1) is 10.2 Å². The van der Waals surface area contributed by atoms with Crippen molar-refractivity contribution in [2.45, 2.75) is 71.4 Å². The highest BCUT2D eigenvalue weighted by molar-refractivity contribution is 7.81. The van der Waals surface area contributed by atoms with E-state index in [9.17, 15) is 4.79 Å². The molecular weight excluding hydrogens is 498 g/mol. The number of aldehydes is 1. The standard InChI is InChI=1S/C18H27N5O2.C9H16OS.C2H6/c1-19-13-18(21-20-9-12-24)25-22(2)14-16-5-7-17(8-6-16)15-23-10-3-4-11-23;1-6-4-8(10-3)5-7(2)9(6)11;1-2/h5-9,12,19H,3-4,10-11,13-15H2,1-2H3;4,7-9,11H,5H2,1-3H3;1-2H3/b20-9+,21-18-;;. The van der Waals surface area contributed by atoms with E-state index in [1.54, 1.807) is 19.2 Å². The fourth-order valence-corrected chi connectivity index (χ4v) is 4.56. The first-order valence-electron chi connectivity index (χ1n) is 13.6. The van der Waals surface area contributed by atoms with E-state index in [0.717, 1.165) is 24.7 Å². The molecule has 0 aromatic heterocycles. The topological polar surface area (TPSA) is 78.8 Å². The Hall–Kier alpha value is -2.04. The summed E-state index contributed by atoms with van der Waals surface area (Å²) in [6.45, 7) is 12.8. The first kappa shape index (κ1) is 34.0. The Labute approximate surface area is 235 Å². The first-order chi connectivity index (χ1) is 18.4. The lowest BCUT2D eigenvalue weighted by Crippen LogP contribution is -2.29. The summed E-state index contributed by atoms with van der Waals surface area (Å²) < 4.78 is 5.27. The highest BCUT2D eigenvalue weighted by atomic mass is 32.1. The molecule has 1 N–H and O–H groups in total. The van der Waals surface area contributed by atoms with Crippen molar-refractivity contribution < 1.29 is 14.4 Å². The van der Waals surface area contributed by atoms with Crippen molar-refractivity contribution in [3.05, 3.63) is 47.0 Å². The van der Waals surface area contributed by atoms with Gasteiger partial charge in [0, 0.05) is 26.0 Å². The molecule has 0 spiro atoms. The lowest BCUT2D eigenvalue weighted by Gasteiger charge is -2.29. The van der Waals surface area contributed by atoms with Crippen LogP contribution < -0.4 is 5.32 Å². The van der Waals surface area contributed by atoms with Crippen LogP contribution in [-0.2, 0) is 27.5 Å². The molecule has 0 amide bonds. The summed E-state index contributed by atoms with van der Waals surface area (Å²) in [6, 6.07) is 8.62. The van der Waals surface area contributed by atoms with Crippen LogP contribution in [0.5, 0.6) is 0 Å². The fraction of sp³-hybridized carbons (Fsp3) is 0.621. The van der Waals surface area contributed by atoms with E-state index >= 15 is 0 Å². The minimum absolute atomic E-state index is 0.313. The van der Waals surface area contributed by atoms with Crippen LogP contribution >= 0.6 is 12.6 Å². The molecule has 3 unspecified atom stereocenters. The molecule has 1 aromatic carbocycles. The quantitative estimate of drug-likeness (QED) is 0.110. The Balaban J connectivity index is 0.000000463. The van der Waals surface area contributed by atoms with Crippen LogP contribution in [0, 0.1) is 5.92 Å². The minimum atomic E-state index is 0.313. The van der Waals surface area contributed by atoms with Gasteiger partial charge in [-0.2, -0.15) is 17.7 Å². The molecule has 9 heteroatoms. The number of hydrogen-bond acceptors (Lipinski definition) is 9. The second-order valence-corrected chi connectivity index (χ2v) is 10.0. The third-order valence-corrected chi connectivity index (χ3v) is 7.20. The molecule has 8 nitrogen and oxygen atoms in total. The Kier molecular flexibility index (Phi) is 17.8. The van der Waals surface area contributed by atoms with Crippen molar-refractivity contribution in [1.29, 1.82) is 0 Å². The molecule has 3 atom stereocenters. The maximum Gasteiger partial charge on any atom is 0.247 e. The fourth-order valence-electron chi connectivity index (χ4n) is 4.35. The minimum Gasteiger partial charge on any atom is -0.387 e. The Morgan fingerprint density at radius 3 is 2.39 bits per heavy atom. The molecule has 0 radical (unpaired) electrons. The van der Waals surface area contributed by atoms with Gasteiger partial charge in [0.2, 0.25) is 5.90 Å². The Morgan fingerprint density at radius 2 is 1.84 bits per heavy atom. The summed E-state index contributed by atoms with van der Waals surface area (Å²) in [5.41, 5.74) is 3.85. The molecule has 1 aliphatic carbocycles. The molecule has 0 saturated carbocycles. The van der Waals surface area contributed by atoms with Gasteiger partial charge < -0.3 is 14.9 Å².